The predicted molar refractivity (Wildman–Crippen MR) is 63.5 cm³/mol. The highest BCUT2D eigenvalue weighted by Crippen LogP contribution is 2.40. The van der Waals surface area contributed by atoms with Crippen LogP contribution in [0.4, 0.5) is 4.39 Å². The number of halogens is 1. The highest BCUT2D eigenvalue weighted by Gasteiger charge is 2.31. The Morgan fingerprint density at radius 2 is 2.11 bits per heavy atom. The first-order valence-corrected chi connectivity index (χ1v) is 5.66. The lowest BCUT2D eigenvalue weighted by Crippen LogP contribution is -2.19. The van der Waals surface area contributed by atoms with Gasteiger partial charge in [-0.25, -0.2) is 9.18 Å². The molecular weight excluding hydrogens is 237 g/mol. The summed E-state index contributed by atoms with van der Waals surface area (Å²) in [6, 6.07) is 3.77. The van der Waals surface area contributed by atoms with E-state index >= 15 is 0 Å². The van der Waals surface area contributed by atoms with Gasteiger partial charge in [-0.15, -0.1) is 0 Å². The number of carboxylic acid groups (broad SMARTS) is 1. The number of aromatic nitrogens is 1. The average molecular weight is 247 g/mol. The van der Waals surface area contributed by atoms with E-state index in [1.165, 1.54) is 12.1 Å². The number of aromatic amines is 1. The molecule has 0 unspecified atom stereocenters. The topological polar surface area (TPSA) is 70.2 Å². The number of fused-ring (bicyclic) bond motifs is 1. The van der Waals surface area contributed by atoms with Gasteiger partial charge in [0.1, 0.15) is 11.4 Å². The molecule has 1 aromatic heterocycles. The largest absolute Gasteiger partial charge is 0.477 e. The number of pyridine rings is 1. The minimum Gasteiger partial charge on any atom is -0.477 e. The van der Waals surface area contributed by atoms with Crippen LogP contribution >= 0.6 is 0 Å². The van der Waals surface area contributed by atoms with Gasteiger partial charge in [0.2, 0.25) is 5.43 Å². The maximum absolute atomic E-state index is 13.1. The van der Waals surface area contributed by atoms with Crippen LogP contribution in [0.2, 0.25) is 0 Å². The normalized spacial score (nSPS) is 14.9. The molecule has 1 saturated carbocycles. The van der Waals surface area contributed by atoms with Crippen LogP contribution in [0, 0.1) is 5.82 Å². The first-order valence-electron chi connectivity index (χ1n) is 5.66. The Kier molecular flexibility index (Phi) is 2.23. The monoisotopic (exact) mass is 247 g/mol. The first-order chi connectivity index (χ1) is 8.58. The van der Waals surface area contributed by atoms with Crippen molar-refractivity contribution in [3.63, 3.8) is 0 Å². The number of benzene rings is 1. The van der Waals surface area contributed by atoms with Crippen molar-refractivity contribution in [1.29, 1.82) is 0 Å². The zero-order valence-corrected chi connectivity index (χ0v) is 9.37. The van der Waals surface area contributed by atoms with Gasteiger partial charge in [0.15, 0.2) is 0 Å². The average Bonchev–Trinajstić information content (AvgIpc) is 3.13. The standard InChI is InChI=1S/C13H10FNO3/c14-7-3-4-9-8(5-7)12(16)10(13(17)18)11(15-9)6-1-2-6/h3-6H,1-2H2,(H,15,16)(H,17,18). The van der Waals surface area contributed by atoms with Crippen LogP contribution in [-0.4, -0.2) is 16.1 Å². The van der Waals surface area contributed by atoms with E-state index in [1.54, 1.807) is 0 Å². The van der Waals surface area contributed by atoms with Crippen LogP contribution < -0.4 is 5.43 Å². The van der Waals surface area contributed by atoms with E-state index in [-0.39, 0.29) is 16.9 Å². The van der Waals surface area contributed by atoms with Gasteiger partial charge in [0, 0.05) is 22.5 Å². The van der Waals surface area contributed by atoms with Crippen LogP contribution in [0.1, 0.15) is 34.8 Å². The number of hydrogen-bond donors (Lipinski definition) is 2. The number of hydrogen-bond acceptors (Lipinski definition) is 2. The van der Waals surface area contributed by atoms with E-state index in [0.717, 1.165) is 18.9 Å². The molecule has 4 nitrogen and oxygen atoms in total. The van der Waals surface area contributed by atoms with E-state index in [2.05, 4.69) is 4.98 Å². The Hall–Kier alpha value is -2.17. The highest BCUT2D eigenvalue weighted by atomic mass is 19.1. The molecule has 5 heteroatoms. The van der Waals surface area contributed by atoms with Crippen molar-refractivity contribution in [2.45, 2.75) is 18.8 Å². The Bertz CT molecular complexity index is 716. The van der Waals surface area contributed by atoms with Crippen molar-refractivity contribution in [2.75, 3.05) is 0 Å². The van der Waals surface area contributed by atoms with Crippen LogP contribution in [0.5, 0.6) is 0 Å². The molecule has 0 aliphatic heterocycles. The SMILES string of the molecule is O=C(O)c1c(C2CC2)[nH]c2ccc(F)cc2c1=O. The number of nitrogens with one attached hydrogen (secondary N) is 1. The van der Waals surface area contributed by atoms with Crippen molar-refractivity contribution >= 4 is 16.9 Å². The smallest absolute Gasteiger partial charge is 0.341 e. The lowest BCUT2D eigenvalue weighted by molar-refractivity contribution is 0.0694. The molecule has 18 heavy (non-hydrogen) atoms. The molecule has 2 aromatic rings. The fourth-order valence-corrected chi connectivity index (χ4v) is 2.17. The van der Waals surface area contributed by atoms with Gasteiger partial charge in [-0.05, 0) is 31.0 Å². The Morgan fingerprint density at radius 3 is 2.72 bits per heavy atom. The van der Waals surface area contributed by atoms with E-state index in [0.29, 0.717) is 11.2 Å². The summed E-state index contributed by atoms with van der Waals surface area (Å²) in [6.45, 7) is 0. The van der Waals surface area contributed by atoms with Crippen LogP contribution in [0.15, 0.2) is 23.0 Å². The molecule has 0 radical (unpaired) electrons. The molecule has 1 aliphatic rings. The summed E-state index contributed by atoms with van der Waals surface area (Å²) in [5.74, 6) is -1.70. The number of aromatic carboxylic acids is 1. The van der Waals surface area contributed by atoms with E-state index < -0.39 is 17.2 Å². The molecule has 3 rings (SSSR count). The van der Waals surface area contributed by atoms with Crippen molar-refractivity contribution in [2.24, 2.45) is 0 Å². The summed E-state index contributed by atoms with van der Waals surface area (Å²) in [5, 5.41) is 9.22. The third-order valence-corrected chi connectivity index (χ3v) is 3.19. The van der Waals surface area contributed by atoms with Gasteiger partial charge >= 0.3 is 5.97 Å². The molecule has 92 valence electrons. The van der Waals surface area contributed by atoms with Gasteiger partial charge in [-0.3, -0.25) is 4.79 Å². The predicted octanol–water partition coefficient (Wildman–Crippen LogP) is 2.24. The zero-order chi connectivity index (χ0) is 12.9. The molecule has 0 bridgehead atoms. The first kappa shape index (κ1) is 11.0. The van der Waals surface area contributed by atoms with Crippen molar-refractivity contribution in [3.8, 4) is 0 Å². The Balaban J connectivity index is 2.41. The summed E-state index contributed by atoms with van der Waals surface area (Å²) >= 11 is 0. The van der Waals surface area contributed by atoms with Crippen LogP contribution in [-0.2, 0) is 0 Å². The van der Waals surface area contributed by atoms with Crippen molar-refractivity contribution < 1.29 is 14.3 Å². The maximum Gasteiger partial charge on any atom is 0.341 e. The van der Waals surface area contributed by atoms with E-state index in [1.807, 2.05) is 0 Å². The fraction of sp³-hybridized carbons (Fsp3) is 0.231. The molecule has 1 fully saturated rings. The number of rotatable bonds is 2. The molecule has 0 saturated heterocycles. The minimum atomic E-state index is -1.26. The molecule has 1 aromatic carbocycles. The Labute approximate surface area is 101 Å². The van der Waals surface area contributed by atoms with Gasteiger partial charge in [-0.1, -0.05) is 0 Å². The third-order valence-electron chi connectivity index (χ3n) is 3.19. The van der Waals surface area contributed by atoms with Gasteiger partial charge in [0.25, 0.3) is 0 Å². The minimum absolute atomic E-state index is 0.0804. The summed E-state index contributed by atoms with van der Waals surface area (Å²) in [5.41, 5.74) is 0.0770. The van der Waals surface area contributed by atoms with Gasteiger partial charge in [0.05, 0.1) is 0 Å². The second kappa shape index (κ2) is 3.66. The van der Waals surface area contributed by atoms with Crippen LogP contribution in [0.25, 0.3) is 10.9 Å². The lowest BCUT2D eigenvalue weighted by atomic mass is 10.1. The summed E-state index contributed by atoms with van der Waals surface area (Å²) in [4.78, 5) is 26.3. The van der Waals surface area contributed by atoms with E-state index in [9.17, 15) is 14.0 Å². The van der Waals surface area contributed by atoms with Gasteiger partial charge < -0.3 is 10.1 Å². The molecule has 1 aliphatic carbocycles. The lowest BCUT2D eigenvalue weighted by Gasteiger charge is -2.07. The number of carboxylic acids is 1. The van der Waals surface area contributed by atoms with Crippen LogP contribution in [0.3, 0.4) is 0 Å². The summed E-state index contributed by atoms with van der Waals surface area (Å²) in [6.07, 6.45) is 1.76. The molecule has 2 N–H and O–H groups in total. The maximum atomic E-state index is 13.1. The second-order valence-corrected chi connectivity index (χ2v) is 4.51. The molecule has 0 spiro atoms. The second-order valence-electron chi connectivity index (χ2n) is 4.51. The van der Waals surface area contributed by atoms with Crippen molar-refractivity contribution in [1.82, 2.24) is 4.98 Å². The number of carbonyl (C=O) groups is 1. The zero-order valence-electron chi connectivity index (χ0n) is 9.37. The quantitative estimate of drug-likeness (QED) is 0.855. The van der Waals surface area contributed by atoms with Gasteiger partial charge in [-0.2, -0.15) is 0 Å². The highest BCUT2D eigenvalue weighted by molar-refractivity contribution is 5.94. The fourth-order valence-electron chi connectivity index (χ4n) is 2.17. The van der Waals surface area contributed by atoms with E-state index in [4.69, 9.17) is 5.11 Å². The molecular formula is C13H10FNO3. The molecule has 0 amide bonds. The summed E-state index contributed by atoms with van der Waals surface area (Å²) in [7, 11) is 0. The molecule has 0 atom stereocenters. The molecule has 1 heterocycles. The number of H-pyrrole nitrogens is 1. The Morgan fingerprint density at radius 1 is 1.39 bits per heavy atom. The third kappa shape index (κ3) is 1.59. The van der Waals surface area contributed by atoms with Crippen molar-refractivity contribution in [3.05, 3.63) is 45.5 Å². The summed E-state index contributed by atoms with van der Waals surface area (Å²) < 4.78 is 13.1.